The number of halogens is 1. The van der Waals surface area contributed by atoms with Gasteiger partial charge in [-0.05, 0) is 52.3 Å². The Bertz CT molecular complexity index is 674. The number of ether oxygens (including phenoxy) is 2. The minimum absolute atomic E-state index is 0.262. The highest BCUT2D eigenvalue weighted by atomic mass is 79.9. The van der Waals surface area contributed by atoms with Crippen molar-refractivity contribution in [3.8, 4) is 11.5 Å². The number of carbonyl (C=O) groups is 1. The van der Waals surface area contributed by atoms with Crippen LogP contribution in [0.3, 0.4) is 0 Å². The van der Waals surface area contributed by atoms with Crippen LogP contribution in [0, 0.1) is 0 Å². The van der Waals surface area contributed by atoms with E-state index in [4.69, 9.17) is 15.2 Å². The van der Waals surface area contributed by atoms with Gasteiger partial charge in [0.1, 0.15) is 0 Å². The molecule has 2 aromatic rings. The Morgan fingerprint density at radius 1 is 1.10 bits per heavy atom. The maximum absolute atomic E-state index is 12.3. The number of nitrogens with one attached hydrogen (secondary N) is 1. The first-order chi connectivity index (χ1) is 10.0. The Kier molecular flexibility index (Phi) is 4.70. The third kappa shape index (κ3) is 3.46. The summed E-state index contributed by atoms with van der Waals surface area (Å²) in [7, 11) is 3.06. The van der Waals surface area contributed by atoms with Gasteiger partial charge in [0.05, 0.1) is 19.9 Å². The highest BCUT2D eigenvalue weighted by Gasteiger charge is 2.12. The summed E-state index contributed by atoms with van der Waals surface area (Å²) in [5.41, 5.74) is 7.35. The van der Waals surface area contributed by atoms with E-state index in [1.807, 2.05) is 0 Å². The molecule has 0 aromatic heterocycles. The topological polar surface area (TPSA) is 73.6 Å². The molecular weight excluding hydrogens is 336 g/mol. The van der Waals surface area contributed by atoms with Crippen LogP contribution in [0.1, 0.15) is 10.4 Å². The Labute approximate surface area is 131 Å². The van der Waals surface area contributed by atoms with E-state index in [-0.39, 0.29) is 5.91 Å². The molecule has 1 amide bonds. The molecule has 6 heteroatoms. The molecule has 21 heavy (non-hydrogen) atoms. The molecule has 0 atom stereocenters. The SMILES string of the molecule is COc1ccc(C(=O)Nc2cc(N)ccc2Br)cc1OC. The molecule has 0 spiro atoms. The van der Waals surface area contributed by atoms with Crippen LogP contribution in [0.15, 0.2) is 40.9 Å². The molecule has 3 N–H and O–H groups in total. The van der Waals surface area contributed by atoms with Gasteiger partial charge in [0.25, 0.3) is 5.91 Å². The number of hydrogen-bond donors (Lipinski definition) is 2. The summed E-state index contributed by atoms with van der Waals surface area (Å²) in [6.45, 7) is 0. The molecule has 0 radical (unpaired) electrons. The van der Waals surface area contributed by atoms with Crippen LogP contribution in [0.5, 0.6) is 11.5 Å². The van der Waals surface area contributed by atoms with Crippen LogP contribution in [-0.4, -0.2) is 20.1 Å². The predicted octanol–water partition coefficient (Wildman–Crippen LogP) is 3.30. The van der Waals surface area contributed by atoms with E-state index < -0.39 is 0 Å². The molecule has 2 aromatic carbocycles. The average Bonchev–Trinajstić information content (AvgIpc) is 2.50. The number of hydrogen-bond acceptors (Lipinski definition) is 4. The van der Waals surface area contributed by atoms with Gasteiger partial charge in [-0.3, -0.25) is 4.79 Å². The zero-order chi connectivity index (χ0) is 15.4. The fourth-order valence-corrected chi connectivity index (χ4v) is 2.16. The lowest BCUT2D eigenvalue weighted by Crippen LogP contribution is -2.12. The monoisotopic (exact) mass is 350 g/mol. The second-order valence-electron chi connectivity index (χ2n) is 4.26. The number of methoxy groups -OCH3 is 2. The molecule has 0 fully saturated rings. The van der Waals surface area contributed by atoms with E-state index in [1.54, 1.807) is 43.5 Å². The molecular formula is C15H15BrN2O3. The molecule has 0 saturated heterocycles. The Hall–Kier alpha value is -2.21. The third-order valence-electron chi connectivity index (χ3n) is 2.88. The van der Waals surface area contributed by atoms with E-state index in [2.05, 4.69) is 21.2 Å². The highest BCUT2D eigenvalue weighted by molar-refractivity contribution is 9.10. The smallest absolute Gasteiger partial charge is 0.255 e. The van der Waals surface area contributed by atoms with Crippen LogP contribution in [0.25, 0.3) is 0 Å². The molecule has 2 rings (SSSR count). The number of amides is 1. The number of nitrogens with two attached hydrogens (primary N) is 1. The summed E-state index contributed by atoms with van der Waals surface area (Å²) in [4.78, 5) is 12.3. The minimum atomic E-state index is -0.262. The third-order valence-corrected chi connectivity index (χ3v) is 3.58. The van der Waals surface area contributed by atoms with Crippen LogP contribution in [0.2, 0.25) is 0 Å². The van der Waals surface area contributed by atoms with Gasteiger partial charge in [0.2, 0.25) is 0 Å². The number of benzene rings is 2. The van der Waals surface area contributed by atoms with Gasteiger partial charge in [-0.15, -0.1) is 0 Å². The fourth-order valence-electron chi connectivity index (χ4n) is 1.81. The highest BCUT2D eigenvalue weighted by Crippen LogP contribution is 2.29. The van der Waals surface area contributed by atoms with Crippen molar-refractivity contribution in [1.29, 1.82) is 0 Å². The number of anilines is 2. The van der Waals surface area contributed by atoms with Gasteiger partial charge >= 0.3 is 0 Å². The minimum Gasteiger partial charge on any atom is -0.493 e. The molecule has 5 nitrogen and oxygen atoms in total. The van der Waals surface area contributed by atoms with Crippen molar-refractivity contribution in [1.82, 2.24) is 0 Å². The van der Waals surface area contributed by atoms with Gasteiger partial charge in [0, 0.05) is 15.7 Å². The van der Waals surface area contributed by atoms with Crippen molar-refractivity contribution in [2.45, 2.75) is 0 Å². The standard InChI is InChI=1S/C15H15BrN2O3/c1-20-13-6-3-9(7-14(13)21-2)15(19)18-12-8-10(17)4-5-11(12)16/h3-8H,17H2,1-2H3,(H,18,19). The summed E-state index contributed by atoms with van der Waals surface area (Å²) < 4.78 is 11.1. The fraction of sp³-hybridized carbons (Fsp3) is 0.133. The van der Waals surface area contributed by atoms with Gasteiger partial charge in [-0.2, -0.15) is 0 Å². The first-order valence-corrected chi connectivity index (χ1v) is 6.93. The average molecular weight is 351 g/mol. The molecule has 0 heterocycles. The van der Waals surface area contributed by atoms with E-state index in [0.717, 1.165) is 4.47 Å². The number of rotatable bonds is 4. The van der Waals surface area contributed by atoms with Gasteiger partial charge in [-0.1, -0.05) is 0 Å². The van der Waals surface area contributed by atoms with Crippen molar-refractivity contribution in [2.75, 3.05) is 25.3 Å². The van der Waals surface area contributed by atoms with Crippen molar-refractivity contribution < 1.29 is 14.3 Å². The van der Waals surface area contributed by atoms with E-state index >= 15 is 0 Å². The molecule has 0 saturated carbocycles. The van der Waals surface area contributed by atoms with Crippen molar-refractivity contribution in [3.63, 3.8) is 0 Å². The molecule has 0 aliphatic rings. The van der Waals surface area contributed by atoms with Crippen LogP contribution >= 0.6 is 15.9 Å². The molecule has 0 aliphatic heterocycles. The number of nitrogen functional groups attached to an aromatic ring is 1. The first kappa shape index (κ1) is 15.2. The van der Waals surface area contributed by atoms with Crippen LogP contribution in [-0.2, 0) is 0 Å². The van der Waals surface area contributed by atoms with E-state index in [1.165, 1.54) is 7.11 Å². The summed E-state index contributed by atoms with van der Waals surface area (Å²) >= 11 is 3.37. The van der Waals surface area contributed by atoms with Crippen LogP contribution in [0.4, 0.5) is 11.4 Å². The lowest BCUT2D eigenvalue weighted by Gasteiger charge is -2.11. The maximum atomic E-state index is 12.3. The first-order valence-electron chi connectivity index (χ1n) is 6.13. The summed E-state index contributed by atoms with van der Waals surface area (Å²) in [6, 6.07) is 10.2. The zero-order valence-electron chi connectivity index (χ0n) is 11.6. The van der Waals surface area contributed by atoms with Gasteiger partial charge < -0.3 is 20.5 Å². The van der Waals surface area contributed by atoms with Crippen molar-refractivity contribution >= 4 is 33.2 Å². The Morgan fingerprint density at radius 3 is 2.48 bits per heavy atom. The Morgan fingerprint density at radius 2 is 1.81 bits per heavy atom. The van der Waals surface area contributed by atoms with Gasteiger partial charge in [0.15, 0.2) is 11.5 Å². The molecule has 0 unspecified atom stereocenters. The predicted molar refractivity (Wildman–Crippen MR) is 86.1 cm³/mol. The van der Waals surface area contributed by atoms with Crippen molar-refractivity contribution in [3.05, 3.63) is 46.4 Å². The summed E-state index contributed by atoms with van der Waals surface area (Å²) in [6.07, 6.45) is 0. The maximum Gasteiger partial charge on any atom is 0.255 e. The zero-order valence-corrected chi connectivity index (χ0v) is 13.2. The normalized spacial score (nSPS) is 10.0. The lowest BCUT2D eigenvalue weighted by atomic mass is 10.1. The number of carbonyl (C=O) groups excluding carboxylic acids is 1. The van der Waals surface area contributed by atoms with E-state index in [9.17, 15) is 4.79 Å². The Balaban J connectivity index is 2.26. The molecule has 110 valence electrons. The second-order valence-corrected chi connectivity index (χ2v) is 5.12. The summed E-state index contributed by atoms with van der Waals surface area (Å²) in [5.74, 6) is 0.804. The molecule has 0 bridgehead atoms. The quantitative estimate of drug-likeness (QED) is 0.829. The second kappa shape index (κ2) is 6.49. The lowest BCUT2D eigenvalue weighted by molar-refractivity contribution is 0.102. The molecule has 0 aliphatic carbocycles. The van der Waals surface area contributed by atoms with Crippen LogP contribution < -0.4 is 20.5 Å². The van der Waals surface area contributed by atoms with Gasteiger partial charge in [-0.25, -0.2) is 0 Å². The summed E-state index contributed by atoms with van der Waals surface area (Å²) in [5, 5.41) is 2.79. The largest absolute Gasteiger partial charge is 0.493 e. The van der Waals surface area contributed by atoms with E-state index in [0.29, 0.717) is 28.4 Å². The van der Waals surface area contributed by atoms with Crippen molar-refractivity contribution in [2.24, 2.45) is 0 Å².